The largest absolute Gasteiger partial charge is 0.335 e. The predicted molar refractivity (Wildman–Crippen MR) is 103 cm³/mol. The van der Waals surface area contributed by atoms with Crippen molar-refractivity contribution in [1.82, 2.24) is 20.9 Å². The van der Waals surface area contributed by atoms with E-state index >= 15 is 0 Å². The molecule has 2 aliphatic carbocycles. The Hall–Kier alpha value is -2.12. The molecule has 3 N–H and O–H groups in total. The van der Waals surface area contributed by atoms with Crippen LogP contribution in [-0.2, 0) is 9.59 Å². The zero-order valence-electron chi connectivity index (χ0n) is 16.9. The van der Waals surface area contributed by atoms with E-state index in [1.165, 1.54) is 0 Å². The highest BCUT2D eigenvalue weighted by Crippen LogP contribution is 2.36. The van der Waals surface area contributed by atoms with E-state index < -0.39 is 30.1 Å². The monoisotopic (exact) mass is 392 g/mol. The van der Waals surface area contributed by atoms with E-state index in [2.05, 4.69) is 22.9 Å². The van der Waals surface area contributed by atoms with Crippen LogP contribution >= 0.6 is 0 Å². The highest BCUT2D eigenvalue weighted by Gasteiger charge is 2.52. The Morgan fingerprint density at radius 3 is 2.39 bits per heavy atom. The third kappa shape index (κ3) is 4.31. The predicted octanol–water partition coefficient (Wildman–Crippen LogP) is 2.28. The summed E-state index contributed by atoms with van der Waals surface area (Å²) in [6, 6.07) is -1.08. The van der Waals surface area contributed by atoms with E-state index in [0.717, 1.165) is 62.7 Å². The maximum atomic E-state index is 12.9. The van der Waals surface area contributed by atoms with Gasteiger partial charge in [-0.05, 0) is 44.4 Å². The van der Waals surface area contributed by atoms with Gasteiger partial charge in [-0.2, -0.15) is 0 Å². The van der Waals surface area contributed by atoms with Gasteiger partial charge >= 0.3 is 12.1 Å². The molecule has 28 heavy (non-hydrogen) atoms. The Kier molecular flexibility index (Phi) is 6.25. The van der Waals surface area contributed by atoms with Gasteiger partial charge in [0.05, 0.1) is 0 Å². The number of nitrogens with one attached hydrogen (secondary N) is 3. The molecule has 0 aromatic heterocycles. The molecule has 6 amide bonds. The van der Waals surface area contributed by atoms with Crippen LogP contribution in [0.3, 0.4) is 0 Å². The maximum absolute atomic E-state index is 12.9. The summed E-state index contributed by atoms with van der Waals surface area (Å²) in [7, 11) is 0. The summed E-state index contributed by atoms with van der Waals surface area (Å²) < 4.78 is 0. The lowest BCUT2D eigenvalue weighted by atomic mass is 9.75. The lowest BCUT2D eigenvalue weighted by Crippen LogP contribution is -2.52. The summed E-state index contributed by atoms with van der Waals surface area (Å²) in [5, 5.41) is 7.89. The highest BCUT2D eigenvalue weighted by atomic mass is 16.2. The number of nitrogens with zero attached hydrogens (tertiary/aromatic N) is 1. The fourth-order valence-corrected chi connectivity index (χ4v) is 4.86. The van der Waals surface area contributed by atoms with Crippen molar-refractivity contribution in [3.05, 3.63) is 0 Å². The van der Waals surface area contributed by atoms with Crippen LogP contribution in [0, 0.1) is 11.8 Å². The minimum Gasteiger partial charge on any atom is -0.335 e. The Morgan fingerprint density at radius 1 is 1.07 bits per heavy atom. The molecule has 1 saturated heterocycles. The number of imide groups is 2. The van der Waals surface area contributed by atoms with Gasteiger partial charge in [0.1, 0.15) is 12.1 Å². The van der Waals surface area contributed by atoms with Crippen molar-refractivity contribution in [3.8, 4) is 0 Å². The Morgan fingerprint density at radius 2 is 1.71 bits per heavy atom. The van der Waals surface area contributed by atoms with E-state index in [4.69, 9.17) is 0 Å². The molecule has 0 aromatic carbocycles. The number of hydrogen-bond acceptors (Lipinski definition) is 4. The van der Waals surface area contributed by atoms with Crippen LogP contribution in [0.15, 0.2) is 0 Å². The minimum absolute atomic E-state index is 0.0489. The van der Waals surface area contributed by atoms with E-state index in [9.17, 15) is 19.2 Å². The molecule has 3 atom stereocenters. The van der Waals surface area contributed by atoms with Crippen molar-refractivity contribution in [2.24, 2.45) is 11.8 Å². The van der Waals surface area contributed by atoms with Gasteiger partial charge in [0.25, 0.3) is 5.91 Å². The molecule has 0 spiro atoms. The van der Waals surface area contributed by atoms with Crippen LogP contribution in [0.4, 0.5) is 9.59 Å². The zero-order chi connectivity index (χ0) is 20.3. The van der Waals surface area contributed by atoms with Crippen LogP contribution < -0.4 is 16.0 Å². The molecular formula is C20H32N4O4. The second kappa shape index (κ2) is 8.49. The third-order valence-corrected chi connectivity index (χ3v) is 6.71. The molecule has 0 aromatic rings. The molecule has 156 valence electrons. The highest BCUT2D eigenvalue weighted by molar-refractivity contribution is 6.10. The molecule has 8 heteroatoms. The first-order valence-electron chi connectivity index (χ1n) is 10.6. The molecule has 3 rings (SSSR count). The van der Waals surface area contributed by atoms with Gasteiger partial charge < -0.3 is 10.6 Å². The van der Waals surface area contributed by atoms with Gasteiger partial charge in [-0.3, -0.25) is 19.8 Å². The summed E-state index contributed by atoms with van der Waals surface area (Å²) in [5.74, 6) is -0.572. The average Bonchev–Trinajstić information content (AvgIpc) is 2.88. The van der Waals surface area contributed by atoms with Crippen molar-refractivity contribution >= 4 is 23.9 Å². The third-order valence-electron chi connectivity index (χ3n) is 6.71. The van der Waals surface area contributed by atoms with Crippen molar-refractivity contribution in [2.45, 2.75) is 83.2 Å². The van der Waals surface area contributed by atoms with Gasteiger partial charge in [-0.15, -0.1) is 0 Å². The van der Waals surface area contributed by atoms with Gasteiger partial charge in [0.15, 0.2) is 0 Å². The number of hydrogen-bond donors (Lipinski definition) is 3. The quantitative estimate of drug-likeness (QED) is 0.638. The Labute approximate surface area is 166 Å². The molecule has 3 aliphatic rings. The van der Waals surface area contributed by atoms with Gasteiger partial charge in [-0.1, -0.05) is 39.0 Å². The molecule has 2 saturated carbocycles. The second-order valence-electron chi connectivity index (χ2n) is 8.75. The van der Waals surface area contributed by atoms with E-state index in [-0.39, 0.29) is 17.9 Å². The van der Waals surface area contributed by atoms with Crippen molar-refractivity contribution < 1.29 is 19.2 Å². The smallest absolute Gasteiger partial charge is 0.325 e. The first-order chi connectivity index (χ1) is 13.3. The number of carbonyl (C=O) groups is 4. The standard InChI is InChI=1S/C20H32N4O4/c1-13-8-6-7-11-15(13)21-18(27)22-16(25)12-24-17(26)20(2,23-19(24)28)14-9-4-3-5-10-14/h13-15H,3-12H2,1-2H3,(H,23,28)(H2,21,22,25,27)/t13-,15+,20-/m1/s1. The van der Waals surface area contributed by atoms with E-state index in [0.29, 0.717) is 5.92 Å². The SMILES string of the molecule is C[C@@H]1CCCC[C@@H]1NC(=O)NC(=O)CN1C(=O)N[C@](C)(C2CCCCC2)C1=O. The fraction of sp³-hybridized carbons (Fsp3) is 0.800. The number of rotatable bonds is 4. The Balaban J connectivity index is 1.54. The molecule has 1 heterocycles. The van der Waals surface area contributed by atoms with Gasteiger partial charge in [-0.25, -0.2) is 9.59 Å². The van der Waals surface area contributed by atoms with Crippen LogP contribution in [0.25, 0.3) is 0 Å². The molecular weight excluding hydrogens is 360 g/mol. The molecule has 3 fully saturated rings. The van der Waals surface area contributed by atoms with Crippen molar-refractivity contribution in [3.63, 3.8) is 0 Å². The average molecular weight is 393 g/mol. The summed E-state index contributed by atoms with van der Waals surface area (Å²) in [6.07, 6.45) is 9.20. The molecule has 0 radical (unpaired) electrons. The Bertz CT molecular complexity index is 646. The van der Waals surface area contributed by atoms with Crippen LogP contribution in [-0.4, -0.2) is 46.9 Å². The molecule has 0 unspecified atom stereocenters. The van der Waals surface area contributed by atoms with Crippen molar-refractivity contribution in [1.29, 1.82) is 0 Å². The lowest BCUT2D eigenvalue weighted by Gasteiger charge is -2.34. The second-order valence-corrected chi connectivity index (χ2v) is 8.75. The fourth-order valence-electron chi connectivity index (χ4n) is 4.86. The first kappa shape index (κ1) is 20.6. The number of carbonyl (C=O) groups excluding carboxylic acids is 4. The van der Waals surface area contributed by atoms with Crippen LogP contribution in [0.2, 0.25) is 0 Å². The van der Waals surface area contributed by atoms with Crippen LogP contribution in [0.5, 0.6) is 0 Å². The molecule has 0 bridgehead atoms. The zero-order valence-corrected chi connectivity index (χ0v) is 16.9. The summed E-state index contributed by atoms with van der Waals surface area (Å²) in [4.78, 5) is 50.5. The summed E-state index contributed by atoms with van der Waals surface area (Å²) in [6.45, 7) is 3.39. The first-order valence-corrected chi connectivity index (χ1v) is 10.6. The van der Waals surface area contributed by atoms with E-state index in [1.807, 2.05) is 0 Å². The molecule has 8 nitrogen and oxygen atoms in total. The normalized spacial score (nSPS) is 31.4. The summed E-state index contributed by atoms with van der Waals surface area (Å²) in [5.41, 5.74) is -0.961. The minimum atomic E-state index is -0.961. The van der Waals surface area contributed by atoms with Gasteiger partial charge in [0.2, 0.25) is 5.91 Å². The maximum Gasteiger partial charge on any atom is 0.325 e. The van der Waals surface area contributed by atoms with Crippen molar-refractivity contribution in [2.75, 3.05) is 6.54 Å². The lowest BCUT2D eigenvalue weighted by molar-refractivity contribution is -0.136. The topological polar surface area (TPSA) is 108 Å². The van der Waals surface area contributed by atoms with Crippen LogP contribution in [0.1, 0.15) is 71.6 Å². The van der Waals surface area contributed by atoms with Gasteiger partial charge in [0, 0.05) is 6.04 Å². The number of urea groups is 2. The molecule has 1 aliphatic heterocycles. The van der Waals surface area contributed by atoms with E-state index in [1.54, 1.807) is 6.92 Å². The number of amides is 6. The summed E-state index contributed by atoms with van der Waals surface area (Å²) >= 11 is 0.